The number of nitrogens with zero attached hydrogens (tertiary/aromatic N) is 4. The molecular weight excluding hydrogens is 709 g/mol. The van der Waals surface area contributed by atoms with Gasteiger partial charge in [-0.3, -0.25) is 15.0 Å². The third kappa shape index (κ3) is 7.49. The van der Waals surface area contributed by atoms with Gasteiger partial charge in [0.25, 0.3) is 0 Å². The highest BCUT2D eigenvalue weighted by Crippen LogP contribution is 2.37. The summed E-state index contributed by atoms with van der Waals surface area (Å²) in [5, 5.41) is 0. The molecule has 5 nitrogen and oxygen atoms in total. The molecule has 6 aromatic carbocycles. The van der Waals surface area contributed by atoms with E-state index in [1.807, 2.05) is 13.0 Å². The van der Waals surface area contributed by atoms with E-state index in [-0.39, 0.29) is 0 Å². The molecule has 3 aliphatic heterocycles. The number of aliphatic imine (C=N–C) groups is 3. The van der Waals surface area contributed by atoms with Crippen molar-refractivity contribution in [3.63, 3.8) is 0 Å². The molecule has 5 heteroatoms. The SMILES string of the molecule is CCc1cc(CC)cc(C2=Nc3ccc(-c4ccc5c(c4)CC(C)=N5)cc3C2)c1.CCc1cc(CC)cc(C2=Nc3ccc(-c4ccc5oc(C)nc5c4)cc3C2)c1. The van der Waals surface area contributed by atoms with E-state index in [2.05, 4.69) is 148 Å². The Hall–Kier alpha value is -6.20. The lowest BCUT2D eigenvalue weighted by Gasteiger charge is -2.08. The Kier molecular flexibility index (Phi) is 10.1. The molecule has 0 bridgehead atoms. The molecule has 1 aromatic heterocycles. The number of fused-ring (bicyclic) bond motifs is 4. The number of hydrogen-bond acceptors (Lipinski definition) is 5. The maximum Gasteiger partial charge on any atom is 0.192 e. The number of aromatic nitrogens is 1. The molecule has 0 fully saturated rings. The van der Waals surface area contributed by atoms with Crippen LogP contribution < -0.4 is 0 Å². The first-order valence-electron chi connectivity index (χ1n) is 21.0. The van der Waals surface area contributed by atoms with Crippen molar-refractivity contribution >= 4 is 45.3 Å². The summed E-state index contributed by atoms with van der Waals surface area (Å²) in [7, 11) is 0. The summed E-state index contributed by atoms with van der Waals surface area (Å²) in [6.45, 7) is 12.8. The molecule has 288 valence electrons. The molecule has 10 rings (SSSR count). The second-order valence-corrected chi connectivity index (χ2v) is 15.9. The number of benzene rings is 6. The maximum absolute atomic E-state index is 5.60. The number of oxazole rings is 1. The van der Waals surface area contributed by atoms with Crippen LogP contribution in [0.2, 0.25) is 0 Å². The highest BCUT2D eigenvalue weighted by Gasteiger charge is 2.20. The normalized spacial score (nSPS) is 13.7. The van der Waals surface area contributed by atoms with Crippen molar-refractivity contribution < 1.29 is 4.42 Å². The van der Waals surface area contributed by atoms with Crippen LogP contribution in [0.15, 0.2) is 129 Å². The fraction of sp³-hybridized carbons (Fsp3) is 0.245. The number of rotatable bonds is 8. The van der Waals surface area contributed by atoms with Crippen LogP contribution in [-0.2, 0) is 44.9 Å². The van der Waals surface area contributed by atoms with E-state index in [1.165, 1.54) is 83.9 Å². The molecule has 0 saturated heterocycles. The fourth-order valence-corrected chi connectivity index (χ4v) is 8.53. The maximum atomic E-state index is 5.60. The minimum Gasteiger partial charge on any atom is -0.441 e. The molecule has 7 aromatic rings. The van der Waals surface area contributed by atoms with Crippen molar-refractivity contribution in [1.29, 1.82) is 0 Å². The lowest BCUT2D eigenvalue weighted by molar-refractivity contribution is 0.561. The van der Waals surface area contributed by atoms with Crippen LogP contribution in [0, 0.1) is 6.92 Å². The second kappa shape index (κ2) is 15.6. The van der Waals surface area contributed by atoms with Crippen LogP contribution in [0.1, 0.15) is 90.6 Å². The minimum atomic E-state index is 0.699. The van der Waals surface area contributed by atoms with Gasteiger partial charge in [-0.2, -0.15) is 0 Å². The molecule has 0 spiro atoms. The third-order valence-corrected chi connectivity index (χ3v) is 11.8. The van der Waals surface area contributed by atoms with Crippen LogP contribution in [0.3, 0.4) is 0 Å². The summed E-state index contributed by atoms with van der Waals surface area (Å²) in [6, 6.07) is 40.0. The van der Waals surface area contributed by atoms with E-state index in [0.717, 1.165) is 78.7 Å². The lowest BCUT2D eigenvalue weighted by atomic mass is 9.95. The molecule has 0 aliphatic carbocycles. The molecule has 3 aliphatic rings. The average molecular weight is 759 g/mol. The van der Waals surface area contributed by atoms with Gasteiger partial charge in [0.2, 0.25) is 0 Å². The van der Waals surface area contributed by atoms with Crippen molar-refractivity contribution in [2.75, 3.05) is 0 Å². The third-order valence-electron chi connectivity index (χ3n) is 11.8. The fourth-order valence-electron chi connectivity index (χ4n) is 8.53. The largest absolute Gasteiger partial charge is 0.441 e. The van der Waals surface area contributed by atoms with Crippen molar-refractivity contribution in [2.24, 2.45) is 15.0 Å². The van der Waals surface area contributed by atoms with Gasteiger partial charge in [-0.05, 0) is 178 Å². The Labute approximate surface area is 342 Å². The van der Waals surface area contributed by atoms with E-state index in [0.29, 0.717) is 5.89 Å². The predicted molar refractivity (Wildman–Crippen MR) is 243 cm³/mol. The Morgan fingerprint density at radius 2 is 0.845 bits per heavy atom. The van der Waals surface area contributed by atoms with Crippen molar-refractivity contribution in [1.82, 2.24) is 4.98 Å². The van der Waals surface area contributed by atoms with Crippen LogP contribution in [0.25, 0.3) is 33.4 Å². The van der Waals surface area contributed by atoms with Crippen LogP contribution in [-0.4, -0.2) is 22.1 Å². The van der Waals surface area contributed by atoms with Crippen LogP contribution in [0.5, 0.6) is 0 Å². The zero-order valence-corrected chi connectivity index (χ0v) is 34.5. The number of aryl methyl sites for hydroxylation is 5. The van der Waals surface area contributed by atoms with E-state index < -0.39 is 0 Å². The highest BCUT2D eigenvalue weighted by molar-refractivity contribution is 6.08. The molecule has 0 saturated carbocycles. The summed E-state index contributed by atoms with van der Waals surface area (Å²) in [6.07, 6.45) is 6.98. The summed E-state index contributed by atoms with van der Waals surface area (Å²) in [4.78, 5) is 19.0. The van der Waals surface area contributed by atoms with Crippen LogP contribution in [0.4, 0.5) is 17.1 Å². The summed E-state index contributed by atoms with van der Waals surface area (Å²) in [5.41, 5.74) is 25.6. The topological polar surface area (TPSA) is 63.1 Å². The van der Waals surface area contributed by atoms with Gasteiger partial charge in [0.1, 0.15) is 5.52 Å². The minimum absolute atomic E-state index is 0.699. The summed E-state index contributed by atoms with van der Waals surface area (Å²) < 4.78 is 5.60. The second-order valence-electron chi connectivity index (χ2n) is 15.9. The molecule has 0 unspecified atom stereocenters. The van der Waals surface area contributed by atoms with Gasteiger partial charge in [-0.25, -0.2) is 4.98 Å². The lowest BCUT2D eigenvalue weighted by Crippen LogP contribution is -2.03. The van der Waals surface area contributed by atoms with E-state index in [4.69, 9.17) is 14.4 Å². The zero-order chi connectivity index (χ0) is 39.9. The predicted octanol–water partition coefficient (Wildman–Crippen LogP) is 13.4. The molecule has 0 radical (unpaired) electrons. The standard InChI is InChI=1S/C27H26N2.C26H24N2O/c1-4-18-11-19(5-2)13-23(12-18)27-16-24-15-21(7-9-26(24)29-27)20-6-8-25-22(14-20)10-17(3)28-25;1-4-17-10-18(5-2)12-21(11-17)24-15-22-13-19(6-8-23(22)28-24)20-7-9-26-25(14-20)27-16(3)29-26/h6-9,11-15H,4-5,10,16H2,1-3H3;6-14H,4-5,15H2,1-3H3. The number of hydrogen-bond donors (Lipinski definition) is 0. The molecule has 58 heavy (non-hydrogen) atoms. The van der Waals surface area contributed by atoms with Gasteiger partial charge in [-0.15, -0.1) is 0 Å². The van der Waals surface area contributed by atoms with Gasteiger partial charge in [0, 0.05) is 31.9 Å². The molecule has 4 heterocycles. The van der Waals surface area contributed by atoms with Gasteiger partial charge in [0.05, 0.1) is 28.5 Å². The van der Waals surface area contributed by atoms with Crippen molar-refractivity contribution in [3.05, 3.63) is 165 Å². The van der Waals surface area contributed by atoms with E-state index in [9.17, 15) is 0 Å². The Balaban J connectivity index is 0.000000150. The first-order chi connectivity index (χ1) is 28.2. The van der Waals surface area contributed by atoms with Gasteiger partial charge < -0.3 is 4.42 Å². The first kappa shape index (κ1) is 37.4. The quantitative estimate of drug-likeness (QED) is 0.155. The highest BCUT2D eigenvalue weighted by atomic mass is 16.3. The van der Waals surface area contributed by atoms with Gasteiger partial charge in [0.15, 0.2) is 11.5 Å². The van der Waals surface area contributed by atoms with Gasteiger partial charge >= 0.3 is 0 Å². The van der Waals surface area contributed by atoms with Gasteiger partial charge in [-0.1, -0.05) is 64.1 Å². The van der Waals surface area contributed by atoms with E-state index >= 15 is 0 Å². The molecule has 0 atom stereocenters. The van der Waals surface area contributed by atoms with Crippen molar-refractivity contribution in [2.45, 2.75) is 86.5 Å². The smallest absolute Gasteiger partial charge is 0.192 e. The Morgan fingerprint density at radius 3 is 1.31 bits per heavy atom. The zero-order valence-electron chi connectivity index (χ0n) is 34.5. The monoisotopic (exact) mass is 758 g/mol. The summed E-state index contributed by atoms with van der Waals surface area (Å²) >= 11 is 0. The van der Waals surface area contributed by atoms with Crippen LogP contribution >= 0.6 is 0 Å². The molecule has 0 N–H and O–H groups in total. The average Bonchev–Trinajstić information content (AvgIpc) is 4.05. The Bertz CT molecular complexity index is 2790. The van der Waals surface area contributed by atoms with Crippen molar-refractivity contribution in [3.8, 4) is 22.3 Å². The first-order valence-corrected chi connectivity index (χ1v) is 21.0. The Morgan fingerprint density at radius 1 is 0.431 bits per heavy atom. The van der Waals surface area contributed by atoms with E-state index in [1.54, 1.807) is 0 Å². The molecule has 0 amide bonds. The summed E-state index contributed by atoms with van der Waals surface area (Å²) in [5.74, 6) is 0.699. The molecular formula is C53H50N4O.